The Morgan fingerprint density at radius 3 is 2.67 bits per heavy atom. The lowest BCUT2D eigenvalue weighted by molar-refractivity contribution is -0.132. The van der Waals surface area contributed by atoms with E-state index in [-0.39, 0.29) is 17.9 Å². The van der Waals surface area contributed by atoms with Crippen LogP contribution >= 0.6 is 0 Å². The van der Waals surface area contributed by atoms with Gasteiger partial charge in [0.05, 0.1) is 6.04 Å². The number of nitrogens with two attached hydrogens (primary N) is 1. The fourth-order valence-electron chi connectivity index (χ4n) is 1.33. The maximum atomic E-state index is 11.8. The highest BCUT2D eigenvalue weighted by Crippen LogP contribution is 2.08. The van der Waals surface area contributed by atoms with E-state index in [1.165, 1.54) is 0 Å². The van der Waals surface area contributed by atoms with Crippen LogP contribution in [0.4, 0.5) is 0 Å². The highest BCUT2D eigenvalue weighted by molar-refractivity contribution is 5.81. The standard InChI is InChI=1S/C12H24N2O/c1-5-7-8-9-14(4)12(15)11(13)10(3)6-2/h5,10-11H,1,6-9,13H2,2-4H3/t10?,11-/m0/s1. The number of amides is 1. The molecule has 0 aliphatic carbocycles. The molecule has 88 valence electrons. The highest BCUT2D eigenvalue weighted by atomic mass is 16.2. The van der Waals surface area contributed by atoms with E-state index in [4.69, 9.17) is 5.73 Å². The van der Waals surface area contributed by atoms with Crippen LogP contribution in [-0.2, 0) is 4.79 Å². The van der Waals surface area contributed by atoms with E-state index in [0.29, 0.717) is 0 Å². The van der Waals surface area contributed by atoms with Crippen molar-refractivity contribution in [2.75, 3.05) is 13.6 Å². The number of hydrogen-bond donors (Lipinski definition) is 1. The number of carbonyl (C=O) groups is 1. The predicted octanol–water partition coefficient (Wildman–Crippen LogP) is 1.78. The van der Waals surface area contributed by atoms with Crippen molar-refractivity contribution >= 4 is 5.91 Å². The Morgan fingerprint density at radius 2 is 2.20 bits per heavy atom. The zero-order valence-corrected chi connectivity index (χ0v) is 10.2. The van der Waals surface area contributed by atoms with Gasteiger partial charge in [-0.3, -0.25) is 4.79 Å². The van der Waals surface area contributed by atoms with Gasteiger partial charge in [0.2, 0.25) is 5.91 Å². The molecule has 1 amide bonds. The van der Waals surface area contributed by atoms with Crippen LogP contribution in [0.5, 0.6) is 0 Å². The highest BCUT2D eigenvalue weighted by Gasteiger charge is 2.22. The summed E-state index contributed by atoms with van der Waals surface area (Å²) in [6.07, 6.45) is 4.70. The molecule has 2 atom stereocenters. The summed E-state index contributed by atoms with van der Waals surface area (Å²) in [6.45, 7) is 8.47. The van der Waals surface area contributed by atoms with Crippen LogP contribution in [0.15, 0.2) is 12.7 Å². The van der Waals surface area contributed by atoms with E-state index >= 15 is 0 Å². The van der Waals surface area contributed by atoms with Crippen LogP contribution < -0.4 is 5.73 Å². The lowest BCUT2D eigenvalue weighted by Crippen LogP contribution is -2.45. The summed E-state index contributed by atoms with van der Waals surface area (Å²) in [5, 5.41) is 0. The van der Waals surface area contributed by atoms with Gasteiger partial charge in [0.1, 0.15) is 0 Å². The van der Waals surface area contributed by atoms with Crippen molar-refractivity contribution in [2.24, 2.45) is 11.7 Å². The number of hydrogen-bond acceptors (Lipinski definition) is 2. The lowest BCUT2D eigenvalue weighted by atomic mass is 9.99. The third-order valence-electron chi connectivity index (χ3n) is 2.82. The molecule has 0 aromatic rings. The minimum absolute atomic E-state index is 0.0495. The van der Waals surface area contributed by atoms with Gasteiger partial charge in [0.15, 0.2) is 0 Å². The first-order chi connectivity index (χ1) is 7.04. The molecular weight excluding hydrogens is 188 g/mol. The SMILES string of the molecule is C=CCCCN(C)C(=O)[C@@H](N)C(C)CC. The summed E-state index contributed by atoms with van der Waals surface area (Å²) < 4.78 is 0. The van der Waals surface area contributed by atoms with Crippen molar-refractivity contribution in [1.29, 1.82) is 0 Å². The number of carbonyl (C=O) groups excluding carboxylic acids is 1. The summed E-state index contributed by atoms with van der Waals surface area (Å²) in [4.78, 5) is 13.5. The normalized spacial score (nSPS) is 14.4. The van der Waals surface area contributed by atoms with Crippen molar-refractivity contribution in [1.82, 2.24) is 4.90 Å². The molecule has 0 aliphatic heterocycles. The number of rotatable bonds is 7. The number of nitrogens with zero attached hydrogens (tertiary/aromatic N) is 1. The molecule has 0 fully saturated rings. The van der Waals surface area contributed by atoms with Gasteiger partial charge in [-0.2, -0.15) is 0 Å². The molecule has 0 saturated heterocycles. The molecule has 3 nitrogen and oxygen atoms in total. The summed E-state index contributed by atoms with van der Waals surface area (Å²) in [5.41, 5.74) is 5.87. The van der Waals surface area contributed by atoms with Crippen molar-refractivity contribution < 1.29 is 4.79 Å². The van der Waals surface area contributed by atoms with Crippen molar-refractivity contribution in [3.8, 4) is 0 Å². The van der Waals surface area contributed by atoms with E-state index in [0.717, 1.165) is 25.8 Å². The summed E-state index contributed by atoms with van der Waals surface area (Å²) in [5.74, 6) is 0.299. The van der Waals surface area contributed by atoms with Crippen molar-refractivity contribution in [3.05, 3.63) is 12.7 Å². The van der Waals surface area contributed by atoms with E-state index in [1.54, 1.807) is 4.90 Å². The molecule has 0 aromatic heterocycles. The quantitative estimate of drug-likeness (QED) is 0.516. The molecule has 0 saturated carbocycles. The third-order valence-corrected chi connectivity index (χ3v) is 2.82. The molecule has 0 bridgehead atoms. The van der Waals surface area contributed by atoms with E-state index in [1.807, 2.05) is 20.0 Å². The predicted molar refractivity (Wildman–Crippen MR) is 64.5 cm³/mol. The Hall–Kier alpha value is -0.830. The van der Waals surface area contributed by atoms with Gasteiger partial charge in [-0.15, -0.1) is 6.58 Å². The number of unbranched alkanes of at least 4 members (excludes halogenated alkanes) is 1. The first-order valence-corrected chi connectivity index (χ1v) is 5.66. The van der Waals surface area contributed by atoms with Crippen molar-refractivity contribution in [3.63, 3.8) is 0 Å². The minimum atomic E-state index is -0.358. The Kier molecular flexibility index (Phi) is 7.05. The molecular formula is C12H24N2O. The van der Waals surface area contributed by atoms with Crippen molar-refractivity contribution in [2.45, 2.75) is 39.2 Å². The first kappa shape index (κ1) is 14.2. The van der Waals surface area contributed by atoms with Gasteiger partial charge in [-0.1, -0.05) is 26.3 Å². The van der Waals surface area contributed by atoms with Crippen LogP contribution in [0, 0.1) is 5.92 Å². The van der Waals surface area contributed by atoms with Crippen LogP contribution in [-0.4, -0.2) is 30.4 Å². The average molecular weight is 212 g/mol. The molecule has 0 heterocycles. The molecule has 0 aliphatic rings. The van der Waals surface area contributed by atoms with Gasteiger partial charge in [0, 0.05) is 13.6 Å². The third kappa shape index (κ3) is 4.98. The maximum absolute atomic E-state index is 11.8. The molecule has 0 spiro atoms. The van der Waals surface area contributed by atoms with Crippen LogP contribution in [0.25, 0.3) is 0 Å². The second-order valence-corrected chi connectivity index (χ2v) is 4.10. The zero-order valence-electron chi connectivity index (χ0n) is 10.2. The zero-order chi connectivity index (χ0) is 11.8. The van der Waals surface area contributed by atoms with Gasteiger partial charge < -0.3 is 10.6 Å². The molecule has 1 unspecified atom stereocenters. The summed E-state index contributed by atoms with van der Waals surface area (Å²) in [6, 6.07) is -0.358. The number of likely N-dealkylation sites (N-methyl/N-ethyl adjacent to an activating group) is 1. The maximum Gasteiger partial charge on any atom is 0.239 e. The fraction of sp³-hybridized carbons (Fsp3) is 0.750. The lowest BCUT2D eigenvalue weighted by Gasteiger charge is -2.24. The summed E-state index contributed by atoms with van der Waals surface area (Å²) in [7, 11) is 1.81. The van der Waals surface area contributed by atoms with E-state index in [2.05, 4.69) is 13.5 Å². The Labute approximate surface area is 93.3 Å². The second kappa shape index (κ2) is 7.46. The molecule has 3 heteroatoms. The Bertz CT molecular complexity index is 204. The molecule has 15 heavy (non-hydrogen) atoms. The monoisotopic (exact) mass is 212 g/mol. The molecule has 0 aromatic carbocycles. The van der Waals surface area contributed by atoms with Gasteiger partial charge in [-0.25, -0.2) is 0 Å². The van der Waals surface area contributed by atoms with Crippen LogP contribution in [0.3, 0.4) is 0 Å². The summed E-state index contributed by atoms with van der Waals surface area (Å²) >= 11 is 0. The smallest absolute Gasteiger partial charge is 0.239 e. The fourth-order valence-corrected chi connectivity index (χ4v) is 1.33. The van der Waals surface area contributed by atoms with Crippen LogP contribution in [0.1, 0.15) is 33.1 Å². The topological polar surface area (TPSA) is 46.3 Å². The molecule has 2 N–H and O–H groups in total. The largest absolute Gasteiger partial charge is 0.344 e. The van der Waals surface area contributed by atoms with Crippen LogP contribution in [0.2, 0.25) is 0 Å². The Morgan fingerprint density at radius 1 is 1.60 bits per heavy atom. The van der Waals surface area contributed by atoms with Gasteiger partial charge >= 0.3 is 0 Å². The van der Waals surface area contributed by atoms with E-state index < -0.39 is 0 Å². The molecule has 0 radical (unpaired) electrons. The first-order valence-electron chi connectivity index (χ1n) is 5.66. The number of allylic oxidation sites excluding steroid dienone is 1. The van der Waals surface area contributed by atoms with Gasteiger partial charge in [0.25, 0.3) is 0 Å². The minimum Gasteiger partial charge on any atom is -0.344 e. The second-order valence-electron chi connectivity index (χ2n) is 4.10. The van der Waals surface area contributed by atoms with E-state index in [9.17, 15) is 4.79 Å². The average Bonchev–Trinajstić information content (AvgIpc) is 2.26. The Balaban J connectivity index is 4.01. The van der Waals surface area contributed by atoms with Gasteiger partial charge in [-0.05, 0) is 18.8 Å². The molecule has 0 rings (SSSR count).